The number of aryl methyl sites for hydroxylation is 1. The van der Waals surface area contributed by atoms with Gasteiger partial charge in [0.2, 0.25) is 0 Å². The first-order chi connectivity index (χ1) is 5.00. The summed E-state index contributed by atoms with van der Waals surface area (Å²) >= 11 is 0. The van der Waals surface area contributed by atoms with E-state index < -0.39 is 11.9 Å². The van der Waals surface area contributed by atoms with E-state index in [9.17, 15) is 13.2 Å². The minimum absolute atomic E-state index is 0.187. The van der Waals surface area contributed by atoms with Crippen LogP contribution in [0.4, 0.5) is 13.2 Å². The Balaban J connectivity index is 3.06. The molecule has 2 nitrogen and oxygen atoms in total. The molecular weight excluding hydrogens is 157 g/mol. The lowest BCUT2D eigenvalue weighted by Crippen LogP contribution is -2.08. The molecule has 1 aromatic heterocycles. The first-order valence-electron chi connectivity index (χ1n) is 2.78. The van der Waals surface area contributed by atoms with Crippen molar-refractivity contribution < 1.29 is 13.2 Å². The SMILES string of the molecule is Cc1[c]c(C(F)(F)F)ncn1. The number of alkyl halides is 3. The third-order valence-electron chi connectivity index (χ3n) is 1.01. The van der Waals surface area contributed by atoms with E-state index in [4.69, 9.17) is 0 Å². The zero-order chi connectivity index (χ0) is 8.48. The van der Waals surface area contributed by atoms with E-state index in [1.54, 1.807) is 0 Å². The minimum atomic E-state index is -4.42. The van der Waals surface area contributed by atoms with Gasteiger partial charge in [0.15, 0.2) is 5.69 Å². The molecule has 0 unspecified atom stereocenters. The van der Waals surface area contributed by atoms with Gasteiger partial charge in [0.25, 0.3) is 0 Å². The molecule has 0 aliphatic heterocycles. The van der Waals surface area contributed by atoms with Crippen LogP contribution in [0.1, 0.15) is 11.4 Å². The number of hydrogen-bond donors (Lipinski definition) is 0. The second-order valence-electron chi connectivity index (χ2n) is 1.93. The molecule has 0 saturated heterocycles. The van der Waals surface area contributed by atoms with Gasteiger partial charge >= 0.3 is 6.18 Å². The van der Waals surface area contributed by atoms with Crippen LogP contribution in [0.5, 0.6) is 0 Å². The summed E-state index contributed by atoms with van der Waals surface area (Å²) in [5.74, 6) is 0. The van der Waals surface area contributed by atoms with Crippen LogP contribution in [0, 0.1) is 13.0 Å². The van der Waals surface area contributed by atoms with Crippen molar-refractivity contribution in [2.75, 3.05) is 0 Å². The summed E-state index contributed by atoms with van der Waals surface area (Å²) < 4.78 is 35.5. The lowest BCUT2D eigenvalue weighted by Gasteiger charge is -2.03. The van der Waals surface area contributed by atoms with Gasteiger partial charge in [-0.25, -0.2) is 9.97 Å². The van der Waals surface area contributed by atoms with Crippen LogP contribution in [0.3, 0.4) is 0 Å². The van der Waals surface area contributed by atoms with Crippen LogP contribution in [-0.2, 0) is 6.18 Å². The van der Waals surface area contributed by atoms with Gasteiger partial charge in [0.05, 0.1) is 0 Å². The van der Waals surface area contributed by atoms with Gasteiger partial charge in [0, 0.05) is 11.8 Å². The second-order valence-corrected chi connectivity index (χ2v) is 1.93. The Kier molecular flexibility index (Phi) is 1.80. The fourth-order valence-electron chi connectivity index (χ4n) is 0.553. The summed E-state index contributed by atoms with van der Waals surface area (Å²) in [6, 6.07) is 2.00. The highest BCUT2D eigenvalue weighted by molar-refractivity contribution is 5.06. The Morgan fingerprint density at radius 2 is 2.00 bits per heavy atom. The minimum Gasteiger partial charge on any atom is -0.241 e. The molecule has 11 heavy (non-hydrogen) atoms. The van der Waals surface area contributed by atoms with Gasteiger partial charge in [-0.3, -0.25) is 0 Å². The Hall–Kier alpha value is -1.13. The summed E-state index contributed by atoms with van der Waals surface area (Å²) in [6.45, 7) is 1.43. The van der Waals surface area contributed by atoms with Gasteiger partial charge in [-0.1, -0.05) is 0 Å². The third-order valence-corrected chi connectivity index (χ3v) is 1.01. The molecular formula is C6H4F3N2. The highest BCUT2D eigenvalue weighted by atomic mass is 19.4. The Labute approximate surface area is 61.1 Å². The van der Waals surface area contributed by atoms with Crippen LogP contribution in [-0.4, -0.2) is 9.97 Å². The topological polar surface area (TPSA) is 25.8 Å². The molecule has 0 aliphatic carbocycles. The van der Waals surface area contributed by atoms with Crippen molar-refractivity contribution in [2.45, 2.75) is 13.1 Å². The highest BCUT2D eigenvalue weighted by Gasteiger charge is 2.32. The van der Waals surface area contributed by atoms with Crippen LogP contribution < -0.4 is 0 Å². The van der Waals surface area contributed by atoms with E-state index in [0.29, 0.717) is 0 Å². The smallest absolute Gasteiger partial charge is 0.241 e. The Bertz CT molecular complexity index is 256. The van der Waals surface area contributed by atoms with Crippen molar-refractivity contribution in [2.24, 2.45) is 0 Å². The van der Waals surface area contributed by atoms with Crippen molar-refractivity contribution in [3.8, 4) is 0 Å². The summed E-state index contributed by atoms with van der Waals surface area (Å²) in [7, 11) is 0. The van der Waals surface area contributed by atoms with Crippen LogP contribution in [0.25, 0.3) is 0 Å². The molecule has 0 spiro atoms. The fraction of sp³-hybridized carbons (Fsp3) is 0.333. The largest absolute Gasteiger partial charge is 0.434 e. The van der Waals surface area contributed by atoms with Crippen molar-refractivity contribution in [3.63, 3.8) is 0 Å². The van der Waals surface area contributed by atoms with Gasteiger partial charge in [-0.15, -0.1) is 0 Å². The van der Waals surface area contributed by atoms with Crippen LogP contribution in [0.2, 0.25) is 0 Å². The van der Waals surface area contributed by atoms with Crippen molar-refractivity contribution in [3.05, 3.63) is 23.8 Å². The van der Waals surface area contributed by atoms with Crippen molar-refractivity contribution in [1.82, 2.24) is 9.97 Å². The lowest BCUT2D eigenvalue weighted by atomic mass is 10.3. The van der Waals surface area contributed by atoms with E-state index in [2.05, 4.69) is 9.97 Å². The normalized spacial score (nSPS) is 11.6. The molecule has 0 amide bonds. The summed E-state index contributed by atoms with van der Waals surface area (Å²) in [5.41, 5.74) is -0.836. The maximum Gasteiger partial charge on any atom is 0.434 e. The number of rotatable bonds is 0. The zero-order valence-electron chi connectivity index (χ0n) is 5.61. The van der Waals surface area contributed by atoms with E-state index >= 15 is 0 Å². The lowest BCUT2D eigenvalue weighted by molar-refractivity contribution is -0.141. The molecule has 0 N–H and O–H groups in total. The van der Waals surface area contributed by atoms with E-state index in [-0.39, 0.29) is 5.69 Å². The zero-order valence-corrected chi connectivity index (χ0v) is 5.61. The number of hydrogen-bond acceptors (Lipinski definition) is 2. The number of halogens is 3. The molecule has 0 saturated carbocycles. The quantitative estimate of drug-likeness (QED) is 0.577. The van der Waals surface area contributed by atoms with Gasteiger partial charge in [-0.05, 0) is 6.92 Å². The summed E-state index contributed by atoms with van der Waals surface area (Å²) in [4.78, 5) is 6.51. The predicted octanol–water partition coefficient (Wildman–Crippen LogP) is 1.60. The number of aromatic nitrogens is 2. The van der Waals surface area contributed by atoms with Gasteiger partial charge < -0.3 is 0 Å². The van der Waals surface area contributed by atoms with E-state index in [0.717, 1.165) is 6.33 Å². The molecule has 1 radical (unpaired) electrons. The first-order valence-corrected chi connectivity index (χ1v) is 2.78. The molecule has 5 heteroatoms. The second kappa shape index (κ2) is 2.48. The molecule has 1 rings (SSSR count). The van der Waals surface area contributed by atoms with Crippen LogP contribution in [0.15, 0.2) is 6.33 Å². The van der Waals surface area contributed by atoms with Gasteiger partial charge in [-0.2, -0.15) is 13.2 Å². The molecule has 59 valence electrons. The monoisotopic (exact) mass is 161 g/mol. The highest BCUT2D eigenvalue weighted by Crippen LogP contribution is 2.26. The Morgan fingerprint density at radius 1 is 1.36 bits per heavy atom. The molecule has 0 aromatic carbocycles. The maximum atomic E-state index is 11.8. The molecule has 0 aliphatic rings. The van der Waals surface area contributed by atoms with Crippen molar-refractivity contribution >= 4 is 0 Å². The average Bonchev–Trinajstić information content (AvgIpc) is 1.86. The summed E-state index contributed by atoms with van der Waals surface area (Å²) in [5, 5.41) is 0. The maximum absolute atomic E-state index is 11.8. The molecule has 0 bridgehead atoms. The Morgan fingerprint density at radius 3 is 2.36 bits per heavy atom. The third kappa shape index (κ3) is 1.89. The summed E-state index contributed by atoms with van der Waals surface area (Å²) in [6.07, 6.45) is -3.55. The predicted molar refractivity (Wildman–Crippen MR) is 30.6 cm³/mol. The first kappa shape index (κ1) is 7.97. The molecule has 0 atom stereocenters. The van der Waals surface area contributed by atoms with Crippen LogP contribution >= 0.6 is 0 Å². The van der Waals surface area contributed by atoms with Crippen molar-refractivity contribution in [1.29, 1.82) is 0 Å². The van der Waals surface area contributed by atoms with E-state index in [1.165, 1.54) is 6.92 Å². The molecule has 0 fully saturated rings. The standard InChI is InChI=1S/C6H4F3N2/c1-4-2-5(6(7,8)9)11-3-10-4/h3H,1H3. The van der Waals surface area contributed by atoms with E-state index in [1.807, 2.05) is 6.07 Å². The molecule has 1 aromatic rings. The number of nitrogens with zero attached hydrogens (tertiary/aromatic N) is 2. The fourth-order valence-corrected chi connectivity index (χ4v) is 0.553. The average molecular weight is 161 g/mol. The molecule has 1 heterocycles. The van der Waals surface area contributed by atoms with Gasteiger partial charge in [0.1, 0.15) is 6.33 Å².